The van der Waals surface area contributed by atoms with Crippen molar-refractivity contribution in [3.63, 3.8) is 0 Å². The van der Waals surface area contributed by atoms with E-state index in [0.717, 1.165) is 67.0 Å². The fourth-order valence-corrected chi connectivity index (χ4v) is 6.10. The fourth-order valence-electron chi connectivity index (χ4n) is 6.10. The molecule has 2 aromatic carbocycles. The number of anilines is 2. The maximum absolute atomic E-state index is 13.9. The number of aromatic amines is 1. The predicted molar refractivity (Wildman–Crippen MR) is 144 cm³/mol. The molecule has 5 heteroatoms. The summed E-state index contributed by atoms with van der Waals surface area (Å²) in [5.41, 5.74) is 5.50. The van der Waals surface area contributed by atoms with Gasteiger partial charge in [0.05, 0.1) is 16.3 Å². The Morgan fingerprint density at radius 2 is 1.77 bits per heavy atom. The van der Waals surface area contributed by atoms with E-state index in [4.69, 9.17) is 4.98 Å². The Morgan fingerprint density at radius 3 is 2.54 bits per heavy atom. The van der Waals surface area contributed by atoms with Crippen LogP contribution >= 0.6 is 0 Å². The number of fused-ring (bicyclic) bond motifs is 3. The summed E-state index contributed by atoms with van der Waals surface area (Å²) in [7, 11) is 0. The highest BCUT2D eigenvalue weighted by Crippen LogP contribution is 2.44. The number of aromatic nitrogens is 2. The van der Waals surface area contributed by atoms with Gasteiger partial charge in [-0.2, -0.15) is 0 Å². The van der Waals surface area contributed by atoms with Crippen molar-refractivity contribution in [2.24, 2.45) is 5.41 Å². The molecule has 2 saturated heterocycles. The monoisotopic (exact) mass is 466 g/mol. The van der Waals surface area contributed by atoms with Crippen LogP contribution in [-0.4, -0.2) is 35.5 Å². The summed E-state index contributed by atoms with van der Waals surface area (Å²) in [6.07, 6.45) is 4.81. The van der Waals surface area contributed by atoms with Gasteiger partial charge in [0.1, 0.15) is 5.82 Å². The first kappa shape index (κ1) is 22.1. The molecule has 0 bridgehead atoms. The quantitative estimate of drug-likeness (QED) is 0.375. The molecule has 4 heterocycles. The van der Waals surface area contributed by atoms with Gasteiger partial charge in [-0.1, -0.05) is 51.1 Å². The van der Waals surface area contributed by atoms with Gasteiger partial charge < -0.3 is 14.8 Å². The highest BCUT2D eigenvalue weighted by atomic mass is 16.2. The molecule has 0 aliphatic carbocycles. The number of aryl methyl sites for hydroxylation is 1. The number of para-hydroxylation sites is 1. The number of piperidine rings is 1. The molecule has 6 rings (SSSR count). The van der Waals surface area contributed by atoms with Crippen LogP contribution in [0.25, 0.3) is 21.8 Å². The van der Waals surface area contributed by atoms with Crippen molar-refractivity contribution < 1.29 is 4.79 Å². The first-order valence-corrected chi connectivity index (χ1v) is 12.8. The SMILES string of the molecule is Cc1cnc(N2CCCC3(CCN(c4ccc(C(C)(C)C)cc4)C3=O)C2)c2c1[nH]c1ccccc12. The van der Waals surface area contributed by atoms with Crippen LogP contribution in [0.5, 0.6) is 0 Å². The highest BCUT2D eigenvalue weighted by Gasteiger charge is 2.49. The van der Waals surface area contributed by atoms with E-state index in [1.54, 1.807) is 0 Å². The van der Waals surface area contributed by atoms with Crippen molar-refractivity contribution in [2.45, 2.75) is 52.4 Å². The fraction of sp³-hybridized carbons (Fsp3) is 0.400. The number of amides is 1. The van der Waals surface area contributed by atoms with Gasteiger partial charge in [0.25, 0.3) is 0 Å². The third kappa shape index (κ3) is 3.51. The summed E-state index contributed by atoms with van der Waals surface area (Å²) in [4.78, 5) is 26.8. The van der Waals surface area contributed by atoms with Crippen LogP contribution in [0.15, 0.2) is 54.7 Å². The molecular formula is C30H34N4O. The average molecular weight is 467 g/mol. The molecule has 1 spiro atoms. The van der Waals surface area contributed by atoms with Gasteiger partial charge in [-0.05, 0) is 60.9 Å². The van der Waals surface area contributed by atoms with E-state index in [2.05, 4.69) is 86.1 Å². The molecule has 180 valence electrons. The second-order valence-corrected chi connectivity index (χ2v) is 11.5. The zero-order valence-electron chi connectivity index (χ0n) is 21.2. The van der Waals surface area contributed by atoms with E-state index in [0.29, 0.717) is 0 Å². The molecule has 1 atom stereocenters. The first-order valence-electron chi connectivity index (χ1n) is 12.8. The van der Waals surface area contributed by atoms with Crippen LogP contribution in [0.1, 0.15) is 51.2 Å². The number of benzene rings is 2. The normalized spacial score (nSPS) is 21.1. The topological polar surface area (TPSA) is 52.2 Å². The maximum atomic E-state index is 13.9. The smallest absolute Gasteiger partial charge is 0.235 e. The third-order valence-electron chi connectivity index (χ3n) is 8.14. The van der Waals surface area contributed by atoms with Crippen molar-refractivity contribution in [1.29, 1.82) is 0 Å². The zero-order chi connectivity index (χ0) is 24.4. The zero-order valence-corrected chi connectivity index (χ0v) is 21.2. The summed E-state index contributed by atoms with van der Waals surface area (Å²) in [6, 6.07) is 17.0. The Balaban J connectivity index is 1.33. The Morgan fingerprint density at radius 1 is 1.00 bits per heavy atom. The summed E-state index contributed by atoms with van der Waals surface area (Å²) in [6.45, 7) is 11.2. The number of pyridine rings is 1. The molecule has 35 heavy (non-hydrogen) atoms. The van der Waals surface area contributed by atoms with Gasteiger partial charge in [0.2, 0.25) is 5.91 Å². The largest absolute Gasteiger partial charge is 0.355 e. The minimum absolute atomic E-state index is 0.105. The van der Waals surface area contributed by atoms with Gasteiger partial charge >= 0.3 is 0 Å². The van der Waals surface area contributed by atoms with Crippen LogP contribution in [-0.2, 0) is 10.2 Å². The highest BCUT2D eigenvalue weighted by molar-refractivity contribution is 6.13. The number of carbonyl (C=O) groups excluding carboxylic acids is 1. The second kappa shape index (κ2) is 7.84. The minimum Gasteiger partial charge on any atom is -0.355 e. The van der Waals surface area contributed by atoms with Crippen LogP contribution in [0.3, 0.4) is 0 Å². The first-order chi connectivity index (χ1) is 16.8. The van der Waals surface area contributed by atoms with E-state index in [9.17, 15) is 4.79 Å². The molecular weight excluding hydrogens is 432 g/mol. The number of H-pyrrole nitrogens is 1. The lowest BCUT2D eigenvalue weighted by Crippen LogP contribution is -2.48. The average Bonchev–Trinajstić information content (AvgIpc) is 3.38. The van der Waals surface area contributed by atoms with E-state index >= 15 is 0 Å². The summed E-state index contributed by atoms with van der Waals surface area (Å²) in [5, 5.41) is 2.38. The molecule has 0 radical (unpaired) electrons. The Bertz CT molecular complexity index is 1430. The predicted octanol–water partition coefficient (Wildman–Crippen LogP) is 6.35. The molecule has 2 aliphatic heterocycles. The third-order valence-corrected chi connectivity index (χ3v) is 8.14. The molecule has 1 N–H and O–H groups in total. The van der Waals surface area contributed by atoms with Gasteiger partial charge in [0.15, 0.2) is 0 Å². The van der Waals surface area contributed by atoms with Crippen molar-refractivity contribution >= 4 is 39.2 Å². The lowest BCUT2D eigenvalue weighted by molar-refractivity contribution is -0.126. The van der Waals surface area contributed by atoms with Crippen molar-refractivity contribution in [3.05, 3.63) is 65.9 Å². The van der Waals surface area contributed by atoms with Gasteiger partial charge in [0, 0.05) is 42.4 Å². The molecule has 2 aromatic heterocycles. The molecule has 2 aliphatic rings. The van der Waals surface area contributed by atoms with Crippen LogP contribution in [0.2, 0.25) is 0 Å². The van der Waals surface area contributed by atoms with Gasteiger partial charge in [-0.15, -0.1) is 0 Å². The van der Waals surface area contributed by atoms with E-state index in [-0.39, 0.29) is 16.7 Å². The van der Waals surface area contributed by atoms with Crippen molar-refractivity contribution in [1.82, 2.24) is 9.97 Å². The van der Waals surface area contributed by atoms with Gasteiger partial charge in [-0.3, -0.25) is 4.79 Å². The van der Waals surface area contributed by atoms with Crippen LogP contribution < -0.4 is 9.80 Å². The van der Waals surface area contributed by atoms with Crippen LogP contribution in [0, 0.1) is 12.3 Å². The standard InChI is InChI=1S/C30H34N4O/c1-20-18-31-27(25-23-8-5-6-9-24(23)32-26(20)25)33-16-7-14-30(19-33)15-17-34(28(30)35)22-12-10-21(11-13-22)29(2,3)4/h5-6,8-13,18,32H,7,14-17,19H2,1-4H3. The Kier molecular flexibility index (Phi) is 4.96. The second-order valence-electron chi connectivity index (χ2n) is 11.5. The number of hydrogen-bond donors (Lipinski definition) is 1. The molecule has 0 saturated carbocycles. The minimum atomic E-state index is -0.341. The lowest BCUT2D eigenvalue weighted by Gasteiger charge is -2.40. The summed E-state index contributed by atoms with van der Waals surface area (Å²) < 4.78 is 0. The number of nitrogens with one attached hydrogen (secondary N) is 1. The van der Waals surface area contributed by atoms with E-state index < -0.39 is 0 Å². The number of carbonyl (C=O) groups is 1. The molecule has 4 aromatic rings. The maximum Gasteiger partial charge on any atom is 0.235 e. The van der Waals surface area contributed by atoms with Crippen LogP contribution in [0.4, 0.5) is 11.5 Å². The number of hydrogen-bond acceptors (Lipinski definition) is 3. The van der Waals surface area contributed by atoms with E-state index in [1.165, 1.54) is 16.3 Å². The molecule has 5 nitrogen and oxygen atoms in total. The lowest BCUT2D eigenvalue weighted by atomic mass is 9.78. The summed E-state index contributed by atoms with van der Waals surface area (Å²) in [5.74, 6) is 1.27. The Labute approximate surface area is 207 Å². The number of nitrogens with zero attached hydrogens (tertiary/aromatic N) is 3. The molecule has 1 unspecified atom stereocenters. The Hall–Kier alpha value is -3.34. The molecule has 2 fully saturated rings. The molecule has 1 amide bonds. The number of rotatable bonds is 2. The van der Waals surface area contributed by atoms with Gasteiger partial charge in [-0.25, -0.2) is 4.98 Å². The van der Waals surface area contributed by atoms with Crippen molar-refractivity contribution in [3.8, 4) is 0 Å². The summed E-state index contributed by atoms with van der Waals surface area (Å²) >= 11 is 0. The van der Waals surface area contributed by atoms with E-state index in [1.807, 2.05) is 11.1 Å². The van der Waals surface area contributed by atoms with Crippen molar-refractivity contribution in [2.75, 3.05) is 29.4 Å².